The van der Waals surface area contributed by atoms with Crippen molar-refractivity contribution >= 4 is 23.6 Å². The summed E-state index contributed by atoms with van der Waals surface area (Å²) in [6, 6.07) is 14.2. The van der Waals surface area contributed by atoms with Gasteiger partial charge in [-0.3, -0.25) is 9.59 Å². The number of hydrogen-bond acceptors (Lipinski definition) is 4. The zero-order valence-electron chi connectivity index (χ0n) is 14.8. The SMILES string of the molecule is COCCNC(=O)c1ccccc1NC(=O)C=Cc1ccc(OC)cc1. The summed E-state index contributed by atoms with van der Waals surface area (Å²) < 4.78 is 10.0. The molecule has 6 heteroatoms. The van der Waals surface area contributed by atoms with E-state index in [-0.39, 0.29) is 11.8 Å². The second-order valence-electron chi connectivity index (χ2n) is 5.39. The molecule has 2 aromatic carbocycles. The lowest BCUT2D eigenvalue weighted by Crippen LogP contribution is -2.28. The van der Waals surface area contributed by atoms with Crippen molar-refractivity contribution < 1.29 is 19.1 Å². The zero-order chi connectivity index (χ0) is 18.8. The van der Waals surface area contributed by atoms with Crippen molar-refractivity contribution in [2.45, 2.75) is 0 Å². The maximum absolute atomic E-state index is 12.2. The molecule has 136 valence electrons. The molecule has 0 aliphatic heterocycles. The minimum atomic E-state index is -0.321. The lowest BCUT2D eigenvalue weighted by atomic mass is 10.1. The smallest absolute Gasteiger partial charge is 0.253 e. The van der Waals surface area contributed by atoms with Crippen LogP contribution in [0.15, 0.2) is 54.6 Å². The van der Waals surface area contributed by atoms with E-state index in [1.54, 1.807) is 44.6 Å². The molecule has 6 nitrogen and oxygen atoms in total. The van der Waals surface area contributed by atoms with Crippen LogP contribution in [0.25, 0.3) is 6.08 Å². The largest absolute Gasteiger partial charge is 0.497 e. The minimum absolute atomic E-state index is 0.267. The summed E-state index contributed by atoms with van der Waals surface area (Å²) in [5, 5.41) is 5.47. The summed E-state index contributed by atoms with van der Waals surface area (Å²) in [6.07, 6.45) is 3.11. The van der Waals surface area contributed by atoms with Crippen molar-refractivity contribution in [3.63, 3.8) is 0 Å². The average Bonchev–Trinajstić information content (AvgIpc) is 2.67. The van der Waals surface area contributed by atoms with Crippen molar-refractivity contribution in [1.82, 2.24) is 5.32 Å². The van der Waals surface area contributed by atoms with Crippen molar-refractivity contribution in [3.05, 3.63) is 65.7 Å². The quantitative estimate of drug-likeness (QED) is 0.564. The highest BCUT2D eigenvalue weighted by molar-refractivity contribution is 6.07. The zero-order valence-corrected chi connectivity index (χ0v) is 14.8. The van der Waals surface area contributed by atoms with Crippen LogP contribution in [0, 0.1) is 0 Å². The molecular weight excluding hydrogens is 332 g/mol. The number of carbonyl (C=O) groups is 2. The topological polar surface area (TPSA) is 76.7 Å². The summed E-state index contributed by atoms with van der Waals surface area (Å²) in [5.74, 6) is 0.162. The molecule has 0 spiro atoms. The van der Waals surface area contributed by atoms with Gasteiger partial charge in [0.25, 0.3) is 5.91 Å². The van der Waals surface area contributed by atoms with Gasteiger partial charge in [-0.05, 0) is 35.9 Å². The fourth-order valence-corrected chi connectivity index (χ4v) is 2.21. The van der Waals surface area contributed by atoms with E-state index in [4.69, 9.17) is 9.47 Å². The van der Waals surface area contributed by atoms with Crippen LogP contribution in [-0.2, 0) is 9.53 Å². The molecule has 0 heterocycles. The van der Waals surface area contributed by atoms with Gasteiger partial charge in [0.1, 0.15) is 5.75 Å². The van der Waals surface area contributed by atoms with E-state index in [9.17, 15) is 9.59 Å². The summed E-state index contributed by atoms with van der Waals surface area (Å²) in [4.78, 5) is 24.4. The first-order valence-electron chi connectivity index (χ1n) is 8.13. The molecule has 0 aromatic heterocycles. The van der Waals surface area contributed by atoms with Crippen LogP contribution in [-0.4, -0.2) is 39.2 Å². The molecule has 2 N–H and O–H groups in total. The molecule has 0 atom stereocenters. The van der Waals surface area contributed by atoms with Gasteiger partial charge >= 0.3 is 0 Å². The van der Waals surface area contributed by atoms with Crippen LogP contribution < -0.4 is 15.4 Å². The Labute approximate surface area is 152 Å². The molecule has 0 unspecified atom stereocenters. The van der Waals surface area contributed by atoms with E-state index in [2.05, 4.69) is 10.6 Å². The third-order valence-electron chi connectivity index (χ3n) is 3.56. The summed E-state index contributed by atoms with van der Waals surface area (Å²) in [6.45, 7) is 0.819. The van der Waals surface area contributed by atoms with Crippen LogP contribution in [0.5, 0.6) is 5.75 Å². The van der Waals surface area contributed by atoms with Gasteiger partial charge < -0.3 is 20.1 Å². The minimum Gasteiger partial charge on any atom is -0.497 e. The van der Waals surface area contributed by atoms with Gasteiger partial charge in [0.2, 0.25) is 5.91 Å². The number of hydrogen-bond donors (Lipinski definition) is 2. The highest BCUT2D eigenvalue weighted by atomic mass is 16.5. The fraction of sp³-hybridized carbons (Fsp3) is 0.200. The Balaban J connectivity index is 2.01. The number of carbonyl (C=O) groups excluding carboxylic acids is 2. The number of anilines is 1. The Bertz CT molecular complexity index is 770. The number of ether oxygens (including phenoxy) is 2. The molecule has 0 radical (unpaired) electrons. The number of rotatable bonds is 8. The highest BCUT2D eigenvalue weighted by Crippen LogP contribution is 2.16. The van der Waals surface area contributed by atoms with Gasteiger partial charge in [-0.2, -0.15) is 0 Å². The van der Waals surface area contributed by atoms with Gasteiger partial charge in [-0.1, -0.05) is 24.3 Å². The Morgan fingerprint density at radius 1 is 1.04 bits per heavy atom. The summed E-state index contributed by atoms with van der Waals surface area (Å²) >= 11 is 0. The summed E-state index contributed by atoms with van der Waals surface area (Å²) in [7, 11) is 3.16. The van der Waals surface area contributed by atoms with E-state index in [1.807, 2.05) is 24.3 Å². The maximum Gasteiger partial charge on any atom is 0.253 e. The van der Waals surface area contributed by atoms with Crippen LogP contribution in [0.4, 0.5) is 5.69 Å². The molecule has 0 aliphatic rings. The lowest BCUT2D eigenvalue weighted by Gasteiger charge is -2.10. The average molecular weight is 354 g/mol. The van der Waals surface area contributed by atoms with Gasteiger partial charge in [0.05, 0.1) is 25.0 Å². The molecule has 0 fully saturated rings. The van der Waals surface area contributed by atoms with E-state index >= 15 is 0 Å². The number of methoxy groups -OCH3 is 2. The van der Waals surface area contributed by atoms with Gasteiger partial charge in [0, 0.05) is 19.7 Å². The van der Waals surface area contributed by atoms with E-state index < -0.39 is 0 Å². The normalized spacial score (nSPS) is 10.5. The maximum atomic E-state index is 12.2. The first-order valence-corrected chi connectivity index (χ1v) is 8.13. The molecule has 0 aliphatic carbocycles. The predicted octanol–water partition coefficient (Wildman–Crippen LogP) is 2.72. The lowest BCUT2D eigenvalue weighted by molar-refractivity contribution is -0.111. The van der Waals surface area contributed by atoms with Gasteiger partial charge in [-0.15, -0.1) is 0 Å². The van der Waals surface area contributed by atoms with Crippen molar-refractivity contribution in [2.75, 3.05) is 32.7 Å². The molecule has 2 rings (SSSR count). The van der Waals surface area contributed by atoms with Crippen LogP contribution in [0.1, 0.15) is 15.9 Å². The molecule has 0 saturated heterocycles. The summed E-state index contributed by atoms with van der Waals surface area (Å²) in [5.41, 5.74) is 1.72. The monoisotopic (exact) mass is 354 g/mol. The molecule has 0 bridgehead atoms. The first-order chi connectivity index (χ1) is 12.6. The number of benzene rings is 2. The Morgan fingerprint density at radius 2 is 1.77 bits per heavy atom. The number of para-hydroxylation sites is 1. The first kappa shape index (κ1) is 19.2. The van der Waals surface area contributed by atoms with Crippen LogP contribution in [0.2, 0.25) is 0 Å². The third kappa shape index (κ3) is 5.75. The van der Waals surface area contributed by atoms with Crippen molar-refractivity contribution in [2.24, 2.45) is 0 Å². The predicted molar refractivity (Wildman–Crippen MR) is 101 cm³/mol. The van der Waals surface area contributed by atoms with Gasteiger partial charge in [0.15, 0.2) is 0 Å². The second-order valence-corrected chi connectivity index (χ2v) is 5.39. The van der Waals surface area contributed by atoms with Crippen molar-refractivity contribution in [1.29, 1.82) is 0 Å². The van der Waals surface area contributed by atoms with Gasteiger partial charge in [-0.25, -0.2) is 0 Å². The molecule has 2 amide bonds. The Kier molecular flexibility index (Phi) is 7.39. The number of amides is 2. The highest BCUT2D eigenvalue weighted by Gasteiger charge is 2.11. The van der Waals surface area contributed by atoms with Crippen LogP contribution >= 0.6 is 0 Å². The molecular formula is C20H22N2O4. The van der Waals surface area contributed by atoms with E-state index in [0.717, 1.165) is 11.3 Å². The van der Waals surface area contributed by atoms with E-state index in [0.29, 0.717) is 24.4 Å². The standard InChI is InChI=1S/C20H22N2O4/c1-25-14-13-21-20(24)17-5-3-4-6-18(17)22-19(23)12-9-15-7-10-16(26-2)11-8-15/h3-12H,13-14H2,1-2H3,(H,21,24)(H,22,23). The second kappa shape index (κ2) is 10.0. The fourth-order valence-electron chi connectivity index (χ4n) is 2.21. The number of nitrogens with one attached hydrogen (secondary N) is 2. The third-order valence-corrected chi connectivity index (χ3v) is 3.56. The van der Waals surface area contributed by atoms with E-state index in [1.165, 1.54) is 6.08 Å². The van der Waals surface area contributed by atoms with Crippen molar-refractivity contribution in [3.8, 4) is 5.75 Å². The molecule has 26 heavy (non-hydrogen) atoms. The Morgan fingerprint density at radius 3 is 2.46 bits per heavy atom. The molecule has 0 saturated carbocycles. The molecule has 2 aromatic rings. The Hall–Kier alpha value is -3.12. The van der Waals surface area contributed by atoms with Crippen LogP contribution in [0.3, 0.4) is 0 Å².